The third-order valence-electron chi connectivity index (χ3n) is 5.17. The molecule has 3 heterocycles. The minimum atomic E-state index is -4.72. The summed E-state index contributed by atoms with van der Waals surface area (Å²) in [5.41, 5.74) is -0.0803. The Balaban J connectivity index is 1.65. The van der Waals surface area contributed by atoms with Crippen molar-refractivity contribution in [3.8, 4) is 22.4 Å². The van der Waals surface area contributed by atoms with E-state index in [1.54, 1.807) is 16.8 Å². The molecule has 0 bridgehead atoms. The van der Waals surface area contributed by atoms with Crippen LogP contribution in [0.2, 0.25) is 0 Å². The molecule has 2 aromatic heterocycles. The number of rotatable bonds is 5. The number of hydrogen-bond donors (Lipinski definition) is 1. The first-order chi connectivity index (χ1) is 16.3. The van der Waals surface area contributed by atoms with E-state index in [1.807, 2.05) is 4.72 Å². The topological polar surface area (TPSA) is 76.9 Å². The number of aryl methyl sites for hydroxylation is 1. The predicted octanol–water partition coefficient (Wildman–Crippen LogP) is 5.08. The minimum absolute atomic E-state index is 0.0126. The van der Waals surface area contributed by atoms with Crippen molar-refractivity contribution in [1.29, 1.82) is 0 Å². The van der Waals surface area contributed by atoms with E-state index in [1.165, 1.54) is 24.2 Å². The number of nitrogens with one attached hydrogen (secondary N) is 1. The van der Waals surface area contributed by atoms with Crippen LogP contribution in [0.25, 0.3) is 22.4 Å². The molecule has 0 amide bonds. The van der Waals surface area contributed by atoms with E-state index < -0.39 is 49.4 Å². The standard InChI is InChI=1S/C22H14F4N4O2S2/c23-13-1-2-14(24)17(11-13)34(31,32)29-16-4-3-15(25)19(20(16)26)21-18(12-5-7-27-8-6-12)22-30(28-21)9-10-33-22/h1-8,11,29H,9-10H2. The summed E-state index contributed by atoms with van der Waals surface area (Å²) in [6.45, 7) is 0.534. The van der Waals surface area contributed by atoms with E-state index in [4.69, 9.17) is 0 Å². The van der Waals surface area contributed by atoms with Gasteiger partial charge in [0.2, 0.25) is 0 Å². The molecule has 12 heteroatoms. The number of thioether (sulfide) groups is 1. The Morgan fingerprint density at radius 1 is 0.941 bits per heavy atom. The molecule has 0 atom stereocenters. The molecule has 2 aromatic carbocycles. The zero-order chi connectivity index (χ0) is 24.0. The molecule has 34 heavy (non-hydrogen) atoms. The van der Waals surface area contributed by atoms with Crippen molar-refractivity contribution in [1.82, 2.24) is 14.8 Å². The van der Waals surface area contributed by atoms with Gasteiger partial charge in [-0.05, 0) is 48.0 Å². The maximum Gasteiger partial charge on any atom is 0.265 e. The Hall–Kier alpha value is -3.38. The van der Waals surface area contributed by atoms with Crippen LogP contribution >= 0.6 is 11.8 Å². The Morgan fingerprint density at radius 2 is 1.68 bits per heavy atom. The summed E-state index contributed by atoms with van der Waals surface area (Å²) in [5.74, 6) is -3.68. The maximum absolute atomic E-state index is 15.6. The van der Waals surface area contributed by atoms with Crippen molar-refractivity contribution in [2.75, 3.05) is 10.5 Å². The summed E-state index contributed by atoms with van der Waals surface area (Å²) in [5, 5.41) is 5.10. The van der Waals surface area contributed by atoms with E-state index >= 15 is 4.39 Å². The van der Waals surface area contributed by atoms with Crippen LogP contribution in [-0.2, 0) is 16.6 Å². The third-order valence-corrected chi connectivity index (χ3v) is 7.63. The van der Waals surface area contributed by atoms with Gasteiger partial charge >= 0.3 is 0 Å². The van der Waals surface area contributed by atoms with Gasteiger partial charge in [-0.15, -0.1) is 11.8 Å². The molecule has 5 rings (SSSR count). The molecule has 0 unspecified atom stereocenters. The fraction of sp³-hybridized carbons (Fsp3) is 0.0909. The zero-order valence-corrected chi connectivity index (χ0v) is 18.7. The van der Waals surface area contributed by atoms with Gasteiger partial charge in [0.25, 0.3) is 10.0 Å². The first-order valence-electron chi connectivity index (χ1n) is 9.86. The summed E-state index contributed by atoms with van der Waals surface area (Å²) < 4.78 is 87.0. The highest BCUT2D eigenvalue weighted by molar-refractivity contribution is 7.99. The van der Waals surface area contributed by atoms with Crippen molar-refractivity contribution >= 4 is 27.5 Å². The molecular weight excluding hydrogens is 492 g/mol. The Kier molecular flexibility index (Phi) is 5.56. The summed E-state index contributed by atoms with van der Waals surface area (Å²) in [4.78, 5) is 2.96. The van der Waals surface area contributed by atoms with Crippen LogP contribution in [0.1, 0.15) is 0 Å². The van der Waals surface area contributed by atoms with Crippen LogP contribution in [0.4, 0.5) is 23.2 Å². The first kappa shape index (κ1) is 22.4. The van der Waals surface area contributed by atoms with Crippen LogP contribution in [0.5, 0.6) is 0 Å². The second-order valence-electron chi connectivity index (χ2n) is 7.30. The second kappa shape index (κ2) is 8.44. The lowest BCUT2D eigenvalue weighted by atomic mass is 10.0. The Labute approximate surface area is 195 Å². The van der Waals surface area contributed by atoms with Crippen molar-refractivity contribution in [2.24, 2.45) is 0 Å². The van der Waals surface area contributed by atoms with Crippen molar-refractivity contribution < 1.29 is 26.0 Å². The van der Waals surface area contributed by atoms with Crippen molar-refractivity contribution in [3.63, 3.8) is 0 Å². The van der Waals surface area contributed by atoms with Crippen LogP contribution in [-0.4, -0.2) is 28.9 Å². The van der Waals surface area contributed by atoms with Gasteiger partial charge in [-0.1, -0.05) is 0 Å². The maximum atomic E-state index is 15.6. The zero-order valence-electron chi connectivity index (χ0n) is 17.1. The van der Waals surface area contributed by atoms with Gasteiger partial charge in [0.15, 0.2) is 5.82 Å². The lowest BCUT2D eigenvalue weighted by Crippen LogP contribution is -2.16. The molecular formula is C22H14F4N4O2S2. The summed E-state index contributed by atoms with van der Waals surface area (Å²) in [6, 6.07) is 6.96. The molecule has 0 saturated heterocycles. The summed E-state index contributed by atoms with van der Waals surface area (Å²) in [6.07, 6.45) is 3.07. The number of anilines is 1. The van der Waals surface area contributed by atoms with E-state index in [2.05, 4.69) is 10.1 Å². The number of pyridine rings is 1. The molecule has 0 aliphatic carbocycles. The van der Waals surface area contributed by atoms with Gasteiger partial charge in [-0.2, -0.15) is 5.10 Å². The monoisotopic (exact) mass is 506 g/mol. The van der Waals surface area contributed by atoms with Crippen LogP contribution in [0.15, 0.2) is 64.8 Å². The number of sulfonamides is 1. The summed E-state index contributed by atoms with van der Waals surface area (Å²) in [7, 11) is -4.72. The summed E-state index contributed by atoms with van der Waals surface area (Å²) >= 11 is 1.48. The normalized spacial score (nSPS) is 13.2. The highest BCUT2D eigenvalue weighted by atomic mass is 32.2. The van der Waals surface area contributed by atoms with Gasteiger partial charge in [-0.25, -0.2) is 26.0 Å². The molecule has 0 radical (unpaired) electrons. The lowest BCUT2D eigenvalue weighted by molar-refractivity contribution is 0.554. The fourth-order valence-corrected chi connectivity index (χ4v) is 5.91. The molecule has 0 fully saturated rings. The molecule has 174 valence electrons. The van der Waals surface area contributed by atoms with Crippen LogP contribution in [0.3, 0.4) is 0 Å². The average molecular weight is 507 g/mol. The molecule has 0 spiro atoms. The van der Waals surface area contributed by atoms with Crippen LogP contribution in [0, 0.1) is 23.3 Å². The third kappa shape index (κ3) is 3.82. The smallest absolute Gasteiger partial charge is 0.265 e. The molecule has 1 N–H and O–H groups in total. The van der Waals surface area contributed by atoms with Crippen molar-refractivity contribution in [3.05, 3.63) is 78.1 Å². The molecule has 4 aromatic rings. The number of hydrogen-bond acceptors (Lipinski definition) is 5. The van der Waals surface area contributed by atoms with Gasteiger partial charge in [-0.3, -0.25) is 14.4 Å². The van der Waals surface area contributed by atoms with Crippen molar-refractivity contribution in [2.45, 2.75) is 16.5 Å². The number of halogens is 4. The van der Waals surface area contributed by atoms with Gasteiger partial charge in [0.1, 0.15) is 33.1 Å². The fourth-order valence-electron chi connectivity index (χ4n) is 3.66. The largest absolute Gasteiger partial charge is 0.277 e. The Morgan fingerprint density at radius 3 is 2.44 bits per heavy atom. The predicted molar refractivity (Wildman–Crippen MR) is 119 cm³/mol. The van der Waals surface area contributed by atoms with Crippen LogP contribution < -0.4 is 4.72 Å². The molecule has 1 aliphatic rings. The van der Waals surface area contributed by atoms with E-state index in [0.717, 1.165) is 24.0 Å². The molecule has 1 aliphatic heterocycles. The second-order valence-corrected chi connectivity index (χ2v) is 10.0. The average Bonchev–Trinajstić information content (AvgIpc) is 3.39. The quantitative estimate of drug-likeness (QED) is 0.383. The van der Waals surface area contributed by atoms with Gasteiger partial charge in [0, 0.05) is 23.7 Å². The van der Waals surface area contributed by atoms with E-state index in [9.17, 15) is 21.6 Å². The number of fused-ring (bicyclic) bond motifs is 1. The minimum Gasteiger partial charge on any atom is -0.277 e. The number of nitrogens with zero attached hydrogens (tertiary/aromatic N) is 3. The van der Waals surface area contributed by atoms with E-state index in [0.29, 0.717) is 34.8 Å². The number of benzene rings is 2. The first-order valence-corrected chi connectivity index (χ1v) is 12.3. The lowest BCUT2D eigenvalue weighted by Gasteiger charge is -2.13. The Bertz CT molecular complexity index is 1530. The molecule has 6 nitrogen and oxygen atoms in total. The highest BCUT2D eigenvalue weighted by Gasteiger charge is 2.30. The number of aromatic nitrogens is 3. The molecule has 0 saturated carbocycles. The van der Waals surface area contributed by atoms with Gasteiger partial charge < -0.3 is 0 Å². The van der Waals surface area contributed by atoms with E-state index in [-0.39, 0.29) is 5.69 Å². The highest BCUT2D eigenvalue weighted by Crippen LogP contribution is 2.44. The SMILES string of the molecule is O=S(=O)(Nc1ccc(F)c(-c2nn3c(c2-c2ccncc2)SCC3)c1F)c1cc(F)ccc1F. The van der Waals surface area contributed by atoms with Gasteiger partial charge in [0.05, 0.1) is 17.8 Å².